The second-order valence-electron chi connectivity index (χ2n) is 5.72. The van der Waals surface area contributed by atoms with E-state index in [1.54, 1.807) is 0 Å². The van der Waals surface area contributed by atoms with Gasteiger partial charge in [0.2, 0.25) is 0 Å². The first-order chi connectivity index (χ1) is 9.29. The molecule has 1 aromatic carbocycles. The Morgan fingerprint density at radius 1 is 1.32 bits per heavy atom. The third kappa shape index (κ3) is 4.63. The van der Waals surface area contributed by atoms with Crippen LogP contribution in [0.4, 0.5) is 0 Å². The molecule has 0 aliphatic carbocycles. The van der Waals surface area contributed by atoms with Crippen LogP contribution in [0.3, 0.4) is 0 Å². The molecule has 0 amide bonds. The van der Waals surface area contributed by atoms with E-state index >= 15 is 0 Å². The quantitative estimate of drug-likeness (QED) is 0.842. The molecule has 1 N–H and O–H groups in total. The molecule has 1 aromatic rings. The van der Waals surface area contributed by atoms with Crippen molar-refractivity contribution in [2.45, 2.75) is 57.6 Å². The van der Waals surface area contributed by atoms with Crippen LogP contribution >= 0.6 is 0 Å². The van der Waals surface area contributed by atoms with E-state index in [0.29, 0.717) is 18.1 Å². The van der Waals surface area contributed by atoms with Crippen LogP contribution in [-0.4, -0.2) is 25.3 Å². The SMILES string of the molecule is CCCNC1CCOC(CC(C)c2ccccc2)C1. The predicted molar refractivity (Wildman–Crippen MR) is 80.5 cm³/mol. The minimum Gasteiger partial charge on any atom is -0.378 e. The van der Waals surface area contributed by atoms with Gasteiger partial charge >= 0.3 is 0 Å². The number of rotatable bonds is 6. The molecule has 19 heavy (non-hydrogen) atoms. The first kappa shape index (κ1) is 14.5. The van der Waals surface area contributed by atoms with Gasteiger partial charge in [-0.3, -0.25) is 0 Å². The van der Waals surface area contributed by atoms with E-state index in [4.69, 9.17) is 4.74 Å². The molecular formula is C17H27NO. The van der Waals surface area contributed by atoms with Gasteiger partial charge in [-0.25, -0.2) is 0 Å². The van der Waals surface area contributed by atoms with Crippen molar-refractivity contribution in [1.82, 2.24) is 5.32 Å². The molecule has 1 heterocycles. The van der Waals surface area contributed by atoms with Gasteiger partial charge < -0.3 is 10.1 Å². The molecule has 1 saturated heterocycles. The summed E-state index contributed by atoms with van der Waals surface area (Å²) in [5.41, 5.74) is 1.43. The summed E-state index contributed by atoms with van der Waals surface area (Å²) in [6, 6.07) is 11.4. The van der Waals surface area contributed by atoms with Crippen LogP contribution in [0.5, 0.6) is 0 Å². The van der Waals surface area contributed by atoms with Gasteiger partial charge in [0.1, 0.15) is 0 Å². The van der Waals surface area contributed by atoms with Crippen LogP contribution < -0.4 is 5.32 Å². The second kappa shape index (κ2) is 7.66. The Bertz CT molecular complexity index is 352. The zero-order valence-electron chi connectivity index (χ0n) is 12.3. The maximum absolute atomic E-state index is 5.94. The van der Waals surface area contributed by atoms with Gasteiger partial charge in [0.25, 0.3) is 0 Å². The van der Waals surface area contributed by atoms with E-state index in [1.165, 1.54) is 12.0 Å². The van der Waals surface area contributed by atoms with Crippen molar-refractivity contribution in [2.24, 2.45) is 0 Å². The molecule has 0 bridgehead atoms. The first-order valence-electron chi connectivity index (χ1n) is 7.69. The van der Waals surface area contributed by atoms with Crippen molar-refractivity contribution in [1.29, 1.82) is 0 Å². The fourth-order valence-corrected chi connectivity index (χ4v) is 2.89. The van der Waals surface area contributed by atoms with E-state index in [0.717, 1.165) is 32.4 Å². The lowest BCUT2D eigenvalue weighted by atomic mass is 9.91. The molecule has 0 spiro atoms. The Morgan fingerprint density at radius 2 is 2.11 bits per heavy atom. The van der Waals surface area contributed by atoms with E-state index in [2.05, 4.69) is 49.5 Å². The molecule has 1 aliphatic rings. The third-order valence-corrected chi connectivity index (χ3v) is 4.04. The highest BCUT2D eigenvalue weighted by Gasteiger charge is 2.23. The highest BCUT2D eigenvalue weighted by molar-refractivity contribution is 5.18. The molecule has 2 nitrogen and oxygen atoms in total. The number of hydrogen-bond acceptors (Lipinski definition) is 2. The number of ether oxygens (including phenoxy) is 1. The van der Waals surface area contributed by atoms with Gasteiger partial charge in [0, 0.05) is 12.6 Å². The minimum absolute atomic E-state index is 0.415. The average molecular weight is 261 g/mol. The van der Waals surface area contributed by atoms with Gasteiger partial charge in [0.05, 0.1) is 6.10 Å². The van der Waals surface area contributed by atoms with Crippen molar-refractivity contribution in [3.05, 3.63) is 35.9 Å². The molecule has 0 saturated carbocycles. The van der Waals surface area contributed by atoms with Crippen LogP contribution in [0.1, 0.15) is 51.0 Å². The summed E-state index contributed by atoms with van der Waals surface area (Å²) >= 11 is 0. The molecule has 3 unspecified atom stereocenters. The van der Waals surface area contributed by atoms with Crippen LogP contribution in [0, 0.1) is 0 Å². The molecule has 106 valence electrons. The summed E-state index contributed by atoms with van der Waals surface area (Å²) in [6.07, 6.45) is 5.09. The number of nitrogens with one attached hydrogen (secondary N) is 1. The van der Waals surface area contributed by atoms with Crippen LogP contribution in [0.25, 0.3) is 0 Å². The zero-order chi connectivity index (χ0) is 13.5. The normalized spacial score (nSPS) is 25.2. The first-order valence-corrected chi connectivity index (χ1v) is 7.69. The lowest BCUT2D eigenvalue weighted by molar-refractivity contribution is -0.00578. The maximum atomic E-state index is 5.94. The number of hydrogen-bond donors (Lipinski definition) is 1. The average Bonchev–Trinajstić information content (AvgIpc) is 2.46. The second-order valence-corrected chi connectivity index (χ2v) is 5.72. The van der Waals surface area contributed by atoms with Crippen LogP contribution in [0.2, 0.25) is 0 Å². The highest BCUT2D eigenvalue weighted by atomic mass is 16.5. The van der Waals surface area contributed by atoms with Gasteiger partial charge in [-0.15, -0.1) is 0 Å². The molecule has 2 heteroatoms. The molecule has 1 aliphatic heterocycles. The Morgan fingerprint density at radius 3 is 2.84 bits per heavy atom. The fourth-order valence-electron chi connectivity index (χ4n) is 2.89. The lowest BCUT2D eigenvalue weighted by Gasteiger charge is -2.31. The van der Waals surface area contributed by atoms with Crippen LogP contribution in [0.15, 0.2) is 30.3 Å². The molecule has 0 aromatic heterocycles. The van der Waals surface area contributed by atoms with E-state index in [1.807, 2.05) is 0 Å². The van der Waals surface area contributed by atoms with Crippen molar-refractivity contribution in [3.63, 3.8) is 0 Å². The van der Waals surface area contributed by atoms with Crippen molar-refractivity contribution in [2.75, 3.05) is 13.2 Å². The summed E-state index contributed by atoms with van der Waals surface area (Å²) in [7, 11) is 0. The lowest BCUT2D eigenvalue weighted by Crippen LogP contribution is -2.39. The van der Waals surface area contributed by atoms with Gasteiger partial charge in [-0.1, -0.05) is 44.2 Å². The van der Waals surface area contributed by atoms with Gasteiger partial charge in [-0.05, 0) is 43.7 Å². The molecule has 0 radical (unpaired) electrons. The number of benzene rings is 1. The topological polar surface area (TPSA) is 21.3 Å². The maximum Gasteiger partial charge on any atom is 0.0595 e. The van der Waals surface area contributed by atoms with Crippen molar-refractivity contribution in [3.8, 4) is 0 Å². The summed E-state index contributed by atoms with van der Waals surface area (Å²) in [5, 5.41) is 3.63. The van der Waals surface area contributed by atoms with E-state index < -0.39 is 0 Å². The van der Waals surface area contributed by atoms with Crippen molar-refractivity contribution < 1.29 is 4.74 Å². The summed E-state index contributed by atoms with van der Waals surface area (Å²) in [5.74, 6) is 0.580. The smallest absolute Gasteiger partial charge is 0.0595 e. The Labute approximate surface area is 117 Å². The Hall–Kier alpha value is -0.860. The van der Waals surface area contributed by atoms with Crippen molar-refractivity contribution >= 4 is 0 Å². The monoisotopic (exact) mass is 261 g/mol. The summed E-state index contributed by atoms with van der Waals surface area (Å²) < 4.78 is 5.94. The molecule has 3 atom stereocenters. The zero-order valence-corrected chi connectivity index (χ0v) is 12.3. The minimum atomic E-state index is 0.415. The standard InChI is InChI=1S/C17H27NO/c1-3-10-18-16-9-11-19-17(13-16)12-14(2)15-7-5-4-6-8-15/h4-8,14,16-18H,3,9-13H2,1-2H3. The molecule has 2 rings (SSSR count). The Balaban J connectivity index is 1.81. The van der Waals surface area contributed by atoms with Crippen LogP contribution in [-0.2, 0) is 4.74 Å². The van der Waals surface area contributed by atoms with Gasteiger partial charge in [-0.2, -0.15) is 0 Å². The summed E-state index contributed by atoms with van der Waals surface area (Å²) in [6.45, 7) is 6.57. The third-order valence-electron chi connectivity index (χ3n) is 4.04. The molecule has 1 fully saturated rings. The van der Waals surface area contributed by atoms with Gasteiger partial charge in [0.15, 0.2) is 0 Å². The molecular weight excluding hydrogens is 234 g/mol. The highest BCUT2D eigenvalue weighted by Crippen LogP contribution is 2.26. The fraction of sp³-hybridized carbons (Fsp3) is 0.647. The van der Waals surface area contributed by atoms with E-state index in [9.17, 15) is 0 Å². The Kier molecular flexibility index (Phi) is 5.87. The summed E-state index contributed by atoms with van der Waals surface area (Å²) in [4.78, 5) is 0. The van der Waals surface area contributed by atoms with E-state index in [-0.39, 0.29) is 0 Å². The predicted octanol–water partition coefficient (Wildman–Crippen LogP) is 3.73. The largest absolute Gasteiger partial charge is 0.378 e.